The van der Waals surface area contributed by atoms with Gasteiger partial charge in [0, 0.05) is 0 Å². The zero-order chi connectivity index (χ0) is 30.5. The van der Waals surface area contributed by atoms with E-state index in [9.17, 15) is 0 Å². The van der Waals surface area contributed by atoms with Gasteiger partial charge in [0.1, 0.15) is 0 Å². The van der Waals surface area contributed by atoms with Crippen LogP contribution in [0.4, 0.5) is 0 Å². The zero-order valence-corrected chi connectivity index (χ0v) is 26.9. The molecule has 10 aromatic rings. The molecule has 0 aliphatic heterocycles. The van der Waals surface area contributed by atoms with Crippen molar-refractivity contribution in [3.05, 3.63) is 143 Å². The van der Waals surface area contributed by atoms with Crippen molar-refractivity contribution in [1.82, 2.24) is 27.7 Å². The zero-order valence-electron chi connectivity index (χ0n) is 24.6. The normalized spacial score (nSPS) is 12.2. The van der Waals surface area contributed by atoms with E-state index in [2.05, 4.69) is 183 Å². The van der Waals surface area contributed by atoms with Gasteiger partial charge in [-0.15, -0.1) is 0 Å². The van der Waals surface area contributed by atoms with E-state index in [0.717, 1.165) is 70.6 Å². The summed E-state index contributed by atoms with van der Waals surface area (Å²) in [5, 5.41) is 2.34. The molecule has 0 radical (unpaired) electrons. The summed E-state index contributed by atoms with van der Waals surface area (Å²) in [7, 11) is 2.11. The Morgan fingerprint density at radius 3 is 1.91 bits per heavy atom. The predicted molar refractivity (Wildman–Crippen MR) is 181 cm³/mol. The van der Waals surface area contributed by atoms with Gasteiger partial charge in [0.2, 0.25) is 0 Å². The molecule has 0 fully saturated rings. The van der Waals surface area contributed by atoms with E-state index in [1.54, 1.807) is 0 Å². The minimum atomic E-state index is 0.869. The Morgan fingerprint density at radius 1 is 0.500 bits per heavy atom. The van der Waals surface area contributed by atoms with Gasteiger partial charge in [-0.3, -0.25) is 0 Å². The van der Waals surface area contributed by atoms with E-state index in [4.69, 9.17) is 4.98 Å². The van der Waals surface area contributed by atoms with Gasteiger partial charge in [0.15, 0.2) is 0 Å². The average Bonchev–Trinajstić information content (AvgIpc) is 3.80. The van der Waals surface area contributed by atoms with Gasteiger partial charge in [-0.2, -0.15) is 0 Å². The molecule has 0 aliphatic carbocycles. The Kier molecular flexibility index (Phi) is 5.35. The van der Waals surface area contributed by atoms with E-state index < -0.39 is 0 Å². The number of hydrogen-bond donors (Lipinski definition) is 0. The molecule has 222 valence electrons. The first-order chi connectivity index (χ1) is 22.7. The molecule has 0 atom stereocenters. The molecule has 7 heteroatoms. The minimum absolute atomic E-state index is 0.869. The summed E-state index contributed by atoms with van der Waals surface area (Å²) < 4.78 is 12.4. The van der Waals surface area contributed by atoms with Gasteiger partial charge < -0.3 is 0 Å². The first-order valence-corrected chi connectivity index (χ1v) is 16.3. The number of aromatic nitrogens is 6. The Labute approximate surface area is 274 Å². The molecule has 0 bridgehead atoms. The van der Waals surface area contributed by atoms with Crippen molar-refractivity contribution >= 4 is 60.7 Å². The van der Waals surface area contributed by atoms with Crippen molar-refractivity contribution in [3.63, 3.8) is 0 Å². The number of fused-ring (bicyclic) bond motifs is 9. The Bertz CT molecular complexity index is 2910. The molecular weight excluding hydrogens is 748 g/mol. The van der Waals surface area contributed by atoms with E-state index in [-0.39, 0.29) is 0 Å². The topological polar surface area (TPSA) is 37.0 Å². The molecule has 6 aromatic carbocycles. The van der Waals surface area contributed by atoms with Gasteiger partial charge in [0.25, 0.3) is 0 Å². The number of rotatable bonds is 3. The second-order valence-electron chi connectivity index (χ2n) is 11.6. The molecule has 0 spiro atoms. The molecule has 10 rings (SSSR count). The fourth-order valence-electron chi connectivity index (χ4n) is 7.05. The van der Waals surface area contributed by atoms with Crippen molar-refractivity contribution in [1.29, 1.82) is 0 Å². The molecule has 46 heavy (non-hydrogen) atoms. The van der Waals surface area contributed by atoms with Crippen molar-refractivity contribution in [2.45, 2.75) is 0 Å². The van der Waals surface area contributed by atoms with E-state index in [0.29, 0.717) is 0 Å². The first kappa shape index (κ1) is 25.8. The quantitative estimate of drug-likeness (QED) is 0.166. The number of nitrogens with zero attached hydrogens (tertiary/aromatic N) is 6. The Balaban J connectivity index is 1.25. The van der Waals surface area contributed by atoms with Crippen molar-refractivity contribution in [2.24, 2.45) is 7.05 Å². The second kappa shape index (κ2) is 9.52. The van der Waals surface area contributed by atoms with Gasteiger partial charge in [-0.25, -0.2) is 0 Å². The summed E-state index contributed by atoms with van der Waals surface area (Å²) in [6.45, 7) is 0. The average molecular weight is 772 g/mol. The standard InChI is InChI=1S/C39H24N6.Pt/c1-41-25-42(35-18-7-6-17-34(35)41)26-21-22-30-29-13-2-4-15-32(29)43(38(30)24-26)27-11-10-12-28(23-27)44-36-19-8-9-20-37(36)45-33-16-5-3-14-31(33)40-39(44)45;/h2-22H,1H3;/q-2;. The van der Waals surface area contributed by atoms with Crippen LogP contribution in [0.5, 0.6) is 0 Å². The molecule has 0 N–H and O–H groups in total. The third-order valence-electron chi connectivity index (χ3n) is 9.07. The molecule has 6 nitrogen and oxygen atoms in total. The number of hydrogen-bond acceptors (Lipinski definition) is 1. The number of aryl methyl sites for hydroxylation is 1. The molecule has 0 aliphatic rings. The molecule has 4 aromatic heterocycles. The van der Waals surface area contributed by atoms with Crippen LogP contribution in [0, 0.1) is 15.9 Å². The van der Waals surface area contributed by atoms with Crippen LogP contribution in [0.2, 0.25) is 0 Å². The fourth-order valence-corrected chi connectivity index (χ4v) is 7.87. The third kappa shape index (κ3) is 3.45. The van der Waals surface area contributed by atoms with Crippen LogP contribution in [0.15, 0.2) is 127 Å². The summed E-state index contributed by atoms with van der Waals surface area (Å²) in [5.41, 5.74) is 11.6. The Hall–Kier alpha value is -5.45. The van der Waals surface area contributed by atoms with Crippen LogP contribution in [-0.2, 0) is 26.4 Å². The van der Waals surface area contributed by atoms with Crippen LogP contribution in [0.3, 0.4) is 0 Å². The number of imidazole rings is 3. The van der Waals surface area contributed by atoms with Crippen molar-refractivity contribution < 1.29 is 19.4 Å². The third-order valence-corrected chi connectivity index (χ3v) is 10.3. The van der Waals surface area contributed by atoms with Gasteiger partial charge in [-0.1, -0.05) is 24.3 Å². The van der Waals surface area contributed by atoms with Gasteiger partial charge in [0.05, 0.1) is 11.0 Å². The summed E-state index contributed by atoms with van der Waals surface area (Å²) >= 11 is 2.41. The van der Waals surface area contributed by atoms with Crippen LogP contribution in [0.25, 0.3) is 77.7 Å². The Morgan fingerprint density at radius 2 is 1.11 bits per heavy atom. The number of para-hydroxylation sites is 7. The summed E-state index contributed by atoms with van der Waals surface area (Å²) in [6, 6.07) is 52.3. The molecule has 0 saturated carbocycles. The fraction of sp³-hybridized carbons (Fsp3) is 0.0256. The van der Waals surface area contributed by atoms with E-state index in [1.165, 1.54) is 10.9 Å². The second-order valence-corrected chi connectivity index (χ2v) is 12.6. The van der Waals surface area contributed by atoms with Crippen molar-refractivity contribution in [3.8, 4) is 17.1 Å². The molecule has 4 heterocycles. The van der Waals surface area contributed by atoms with E-state index in [1.807, 2.05) is 6.07 Å². The molecule has 0 amide bonds. The first-order valence-electron chi connectivity index (χ1n) is 15.1. The van der Waals surface area contributed by atoms with Crippen molar-refractivity contribution in [2.75, 3.05) is 0 Å². The van der Waals surface area contributed by atoms with Crippen LogP contribution in [0.1, 0.15) is 0 Å². The SMILES string of the molecule is Cn1[c](=[Pt])n(-c2[c-]c3c(cc2)c2ccccc2n3-c2[c-]c(-n3c4ccccc4n4c5ccccc5nc34)ccc2)c2ccccc21. The van der Waals surface area contributed by atoms with Crippen LogP contribution in [-0.4, -0.2) is 27.7 Å². The van der Waals surface area contributed by atoms with Crippen LogP contribution >= 0.6 is 0 Å². The maximum absolute atomic E-state index is 5.09. The predicted octanol–water partition coefficient (Wildman–Crippen LogP) is 8.49. The number of benzene rings is 6. The van der Waals surface area contributed by atoms with Gasteiger partial charge in [-0.05, 0) is 18.2 Å². The van der Waals surface area contributed by atoms with E-state index >= 15 is 0 Å². The monoisotopic (exact) mass is 771 g/mol. The molecular formula is C39H24N6Pt-2. The summed E-state index contributed by atoms with van der Waals surface area (Å²) in [6.07, 6.45) is 0. The summed E-state index contributed by atoms with van der Waals surface area (Å²) in [5.74, 6) is 0.869. The molecule has 0 saturated heterocycles. The summed E-state index contributed by atoms with van der Waals surface area (Å²) in [4.78, 5) is 5.09. The maximum atomic E-state index is 5.09. The van der Waals surface area contributed by atoms with Crippen LogP contribution < -0.4 is 0 Å². The van der Waals surface area contributed by atoms with Gasteiger partial charge >= 0.3 is 222 Å². The molecule has 0 unspecified atom stereocenters.